The summed E-state index contributed by atoms with van der Waals surface area (Å²) in [5.41, 5.74) is 0.113. The van der Waals surface area contributed by atoms with E-state index in [9.17, 15) is 14.7 Å². The number of phenols is 1. The summed E-state index contributed by atoms with van der Waals surface area (Å²) in [5, 5.41) is 12.3. The summed E-state index contributed by atoms with van der Waals surface area (Å²) in [6, 6.07) is 2.81. The zero-order valence-corrected chi connectivity index (χ0v) is 12.2. The van der Waals surface area contributed by atoms with Gasteiger partial charge in [0, 0.05) is 0 Å². The van der Waals surface area contributed by atoms with Crippen LogP contribution in [0.15, 0.2) is 12.1 Å². The van der Waals surface area contributed by atoms with Crippen molar-refractivity contribution in [1.29, 1.82) is 0 Å². The molecule has 1 rings (SSSR count). The van der Waals surface area contributed by atoms with Crippen LogP contribution in [0.2, 0.25) is 0 Å². The highest BCUT2D eigenvalue weighted by Gasteiger charge is 2.19. The second-order valence-electron chi connectivity index (χ2n) is 5.31. The third-order valence-electron chi connectivity index (χ3n) is 2.36. The Hall–Kier alpha value is -2.24. The van der Waals surface area contributed by atoms with E-state index in [0.717, 1.165) is 0 Å². The van der Waals surface area contributed by atoms with Crippen molar-refractivity contribution in [2.75, 3.05) is 12.4 Å². The Balaban J connectivity index is 3.03. The van der Waals surface area contributed by atoms with Crippen molar-refractivity contribution in [3.05, 3.63) is 23.3 Å². The largest absolute Gasteiger partial charge is 0.505 e. The minimum Gasteiger partial charge on any atom is -0.505 e. The molecule has 0 aliphatic carbocycles. The number of carbonyl (C=O) groups is 2. The van der Waals surface area contributed by atoms with Crippen LogP contribution in [0.3, 0.4) is 0 Å². The standard InChI is InChI=1S/C14H19NO5/c1-8-6-9(12(17)19-5)7-10(11(8)16)15-13(18)20-14(2,3)4/h6-7,16H,1-5H3,(H,15,18). The van der Waals surface area contributed by atoms with E-state index < -0.39 is 17.7 Å². The minimum absolute atomic E-state index is 0.0969. The molecule has 0 bridgehead atoms. The first kappa shape index (κ1) is 15.8. The summed E-state index contributed by atoms with van der Waals surface area (Å²) in [6.45, 7) is 6.79. The number of esters is 1. The van der Waals surface area contributed by atoms with E-state index in [0.29, 0.717) is 5.56 Å². The fraction of sp³-hybridized carbons (Fsp3) is 0.429. The predicted molar refractivity (Wildman–Crippen MR) is 74.0 cm³/mol. The van der Waals surface area contributed by atoms with Gasteiger partial charge in [-0.2, -0.15) is 0 Å². The second kappa shape index (κ2) is 5.81. The van der Waals surface area contributed by atoms with Crippen molar-refractivity contribution in [2.24, 2.45) is 0 Å². The molecule has 0 unspecified atom stereocenters. The number of phenolic OH excluding ortho intramolecular Hbond substituents is 1. The molecule has 0 atom stereocenters. The van der Waals surface area contributed by atoms with Gasteiger partial charge in [0.1, 0.15) is 11.4 Å². The van der Waals surface area contributed by atoms with E-state index in [4.69, 9.17) is 4.74 Å². The highest BCUT2D eigenvalue weighted by atomic mass is 16.6. The Kier molecular flexibility index (Phi) is 4.60. The van der Waals surface area contributed by atoms with E-state index in [-0.39, 0.29) is 17.0 Å². The molecule has 20 heavy (non-hydrogen) atoms. The first-order chi connectivity index (χ1) is 9.14. The summed E-state index contributed by atoms with van der Waals surface area (Å²) in [7, 11) is 1.26. The Morgan fingerprint density at radius 2 is 1.85 bits per heavy atom. The van der Waals surface area contributed by atoms with Crippen molar-refractivity contribution in [2.45, 2.75) is 33.3 Å². The quantitative estimate of drug-likeness (QED) is 0.643. The molecule has 0 aromatic heterocycles. The van der Waals surface area contributed by atoms with Gasteiger partial charge in [0.25, 0.3) is 0 Å². The lowest BCUT2D eigenvalue weighted by Crippen LogP contribution is -2.27. The molecule has 0 spiro atoms. The SMILES string of the molecule is COC(=O)c1cc(C)c(O)c(NC(=O)OC(C)(C)C)c1. The number of aromatic hydroxyl groups is 1. The lowest BCUT2D eigenvalue weighted by molar-refractivity contribution is 0.0596. The molecule has 2 N–H and O–H groups in total. The number of anilines is 1. The van der Waals surface area contributed by atoms with Crippen molar-refractivity contribution in [3.63, 3.8) is 0 Å². The molecule has 6 nitrogen and oxygen atoms in total. The normalized spacial score (nSPS) is 10.8. The van der Waals surface area contributed by atoms with E-state index in [1.807, 2.05) is 0 Å². The number of rotatable bonds is 2. The van der Waals surface area contributed by atoms with Gasteiger partial charge in [-0.05, 0) is 45.4 Å². The van der Waals surface area contributed by atoms with Gasteiger partial charge >= 0.3 is 12.1 Å². The molecule has 1 aromatic rings. The van der Waals surface area contributed by atoms with Gasteiger partial charge in [-0.3, -0.25) is 5.32 Å². The van der Waals surface area contributed by atoms with Crippen LogP contribution in [0, 0.1) is 6.92 Å². The molecule has 0 aliphatic heterocycles. The minimum atomic E-state index is -0.714. The maximum Gasteiger partial charge on any atom is 0.412 e. The Morgan fingerprint density at radius 3 is 2.35 bits per heavy atom. The molecular formula is C14H19NO5. The Bertz CT molecular complexity index is 531. The predicted octanol–water partition coefficient (Wildman–Crippen LogP) is 2.83. The number of carbonyl (C=O) groups excluding carboxylic acids is 2. The summed E-state index contributed by atoms with van der Waals surface area (Å²) in [6.07, 6.45) is -0.714. The van der Waals surface area contributed by atoms with Crippen LogP contribution in [-0.2, 0) is 9.47 Å². The van der Waals surface area contributed by atoms with Crippen LogP contribution in [0.25, 0.3) is 0 Å². The number of nitrogens with one attached hydrogen (secondary N) is 1. The monoisotopic (exact) mass is 281 g/mol. The fourth-order valence-corrected chi connectivity index (χ4v) is 1.52. The van der Waals surface area contributed by atoms with E-state index in [1.165, 1.54) is 19.2 Å². The van der Waals surface area contributed by atoms with Crippen LogP contribution in [-0.4, -0.2) is 29.9 Å². The number of hydrogen-bond donors (Lipinski definition) is 2. The van der Waals surface area contributed by atoms with Crippen molar-refractivity contribution in [3.8, 4) is 5.75 Å². The second-order valence-corrected chi connectivity index (χ2v) is 5.31. The molecule has 0 aliphatic rings. The summed E-state index contributed by atoms with van der Waals surface area (Å²) in [4.78, 5) is 23.2. The maximum absolute atomic E-state index is 11.7. The van der Waals surface area contributed by atoms with E-state index >= 15 is 0 Å². The van der Waals surface area contributed by atoms with Crippen LogP contribution in [0.5, 0.6) is 5.75 Å². The smallest absolute Gasteiger partial charge is 0.412 e. The molecule has 0 saturated carbocycles. The van der Waals surface area contributed by atoms with Crippen molar-refractivity contribution >= 4 is 17.7 Å². The molecule has 0 fully saturated rings. The fourth-order valence-electron chi connectivity index (χ4n) is 1.52. The molecule has 110 valence electrons. The number of methoxy groups -OCH3 is 1. The molecule has 0 radical (unpaired) electrons. The lowest BCUT2D eigenvalue weighted by Gasteiger charge is -2.20. The number of benzene rings is 1. The molecule has 1 amide bonds. The van der Waals surface area contributed by atoms with Crippen molar-refractivity contribution < 1.29 is 24.2 Å². The third-order valence-corrected chi connectivity index (χ3v) is 2.36. The van der Waals surface area contributed by atoms with Gasteiger partial charge in [-0.25, -0.2) is 9.59 Å². The van der Waals surface area contributed by atoms with Crippen LogP contribution in [0.1, 0.15) is 36.7 Å². The molecule has 1 aromatic carbocycles. The molecule has 6 heteroatoms. The molecule has 0 saturated heterocycles. The molecular weight excluding hydrogens is 262 g/mol. The zero-order valence-electron chi connectivity index (χ0n) is 12.2. The number of ether oxygens (including phenoxy) is 2. The zero-order chi connectivity index (χ0) is 15.5. The average molecular weight is 281 g/mol. The van der Waals surface area contributed by atoms with Crippen molar-refractivity contribution in [1.82, 2.24) is 0 Å². The van der Waals surface area contributed by atoms with Crippen LogP contribution in [0.4, 0.5) is 10.5 Å². The highest BCUT2D eigenvalue weighted by molar-refractivity contribution is 5.94. The van der Waals surface area contributed by atoms with Crippen LogP contribution >= 0.6 is 0 Å². The lowest BCUT2D eigenvalue weighted by atomic mass is 10.1. The maximum atomic E-state index is 11.7. The number of amides is 1. The van der Waals surface area contributed by atoms with Gasteiger partial charge in [0.05, 0.1) is 18.4 Å². The number of aryl methyl sites for hydroxylation is 1. The van der Waals surface area contributed by atoms with Gasteiger partial charge in [0.2, 0.25) is 0 Å². The average Bonchev–Trinajstić information content (AvgIpc) is 2.31. The van der Waals surface area contributed by atoms with Crippen LogP contribution < -0.4 is 5.32 Å². The van der Waals surface area contributed by atoms with Gasteiger partial charge in [-0.1, -0.05) is 0 Å². The van der Waals surface area contributed by atoms with E-state index in [1.54, 1.807) is 27.7 Å². The van der Waals surface area contributed by atoms with E-state index in [2.05, 4.69) is 10.1 Å². The van der Waals surface area contributed by atoms with Gasteiger partial charge in [-0.15, -0.1) is 0 Å². The Morgan fingerprint density at radius 1 is 1.25 bits per heavy atom. The highest BCUT2D eigenvalue weighted by Crippen LogP contribution is 2.29. The summed E-state index contributed by atoms with van der Waals surface area (Å²) >= 11 is 0. The molecule has 0 heterocycles. The van der Waals surface area contributed by atoms with Gasteiger partial charge < -0.3 is 14.6 Å². The third kappa shape index (κ3) is 4.15. The number of hydrogen-bond acceptors (Lipinski definition) is 5. The Labute approximate surface area is 117 Å². The van der Waals surface area contributed by atoms with Gasteiger partial charge in [0.15, 0.2) is 0 Å². The first-order valence-electron chi connectivity index (χ1n) is 6.06. The summed E-state index contributed by atoms with van der Waals surface area (Å²) in [5.74, 6) is -0.677. The topological polar surface area (TPSA) is 84.9 Å². The first-order valence-corrected chi connectivity index (χ1v) is 6.06. The summed E-state index contributed by atoms with van der Waals surface area (Å²) < 4.78 is 9.69.